The number of para-hydroxylation sites is 1. The number of esters is 2. The molecule has 0 unspecified atom stereocenters. The van der Waals surface area contributed by atoms with E-state index < -0.39 is 29.3 Å². The number of nitrogens with zero attached hydrogens (tertiary/aromatic N) is 1. The van der Waals surface area contributed by atoms with Crippen LogP contribution in [-0.4, -0.2) is 22.7 Å². The van der Waals surface area contributed by atoms with Crippen molar-refractivity contribution in [3.05, 3.63) is 52.2 Å². The number of carbonyl (C=O) groups excluding carboxylic acids is 2. The van der Waals surface area contributed by atoms with Gasteiger partial charge in [0.1, 0.15) is 0 Å². The van der Waals surface area contributed by atoms with Gasteiger partial charge in [-0.05, 0) is 26.8 Å². The molecule has 1 aliphatic heterocycles. The Morgan fingerprint density at radius 3 is 2.19 bits per heavy atom. The lowest BCUT2D eigenvalue weighted by Crippen LogP contribution is -2.17. The largest absolute Gasteiger partial charge is 0.417 e. The SMILES string of the molecule is CC(C)=C1C(=O)OC(=O)C1=C(c1c(C)n(C)c2ccccc12)C(F)(F)F. The highest BCUT2D eigenvalue weighted by Crippen LogP contribution is 2.45. The molecule has 26 heavy (non-hydrogen) atoms. The summed E-state index contributed by atoms with van der Waals surface area (Å²) >= 11 is 0. The summed E-state index contributed by atoms with van der Waals surface area (Å²) in [5.41, 5.74) is -1.08. The number of rotatable bonds is 1. The zero-order valence-electron chi connectivity index (χ0n) is 14.6. The number of ether oxygens (including phenoxy) is 1. The lowest BCUT2D eigenvalue weighted by Gasteiger charge is -2.15. The van der Waals surface area contributed by atoms with Crippen molar-refractivity contribution < 1.29 is 27.5 Å². The highest BCUT2D eigenvalue weighted by Gasteiger charge is 2.47. The van der Waals surface area contributed by atoms with Gasteiger partial charge >= 0.3 is 18.1 Å². The van der Waals surface area contributed by atoms with Crippen molar-refractivity contribution in [2.24, 2.45) is 7.05 Å². The van der Waals surface area contributed by atoms with Crippen LogP contribution in [0.25, 0.3) is 16.5 Å². The van der Waals surface area contributed by atoms with E-state index in [2.05, 4.69) is 4.74 Å². The summed E-state index contributed by atoms with van der Waals surface area (Å²) in [7, 11) is 1.65. The molecular weight excluding hydrogens is 347 g/mol. The fourth-order valence-corrected chi connectivity index (χ4v) is 3.32. The molecule has 0 amide bonds. The Morgan fingerprint density at radius 2 is 1.62 bits per heavy atom. The fourth-order valence-electron chi connectivity index (χ4n) is 3.32. The Bertz CT molecular complexity index is 1020. The smallest absolute Gasteiger partial charge is 0.386 e. The van der Waals surface area contributed by atoms with Crippen LogP contribution in [0.3, 0.4) is 0 Å². The first-order chi connectivity index (χ1) is 12.1. The topological polar surface area (TPSA) is 48.3 Å². The van der Waals surface area contributed by atoms with Crippen molar-refractivity contribution in [2.75, 3.05) is 0 Å². The molecule has 1 fully saturated rings. The third-order valence-electron chi connectivity index (χ3n) is 4.53. The van der Waals surface area contributed by atoms with E-state index in [1.807, 2.05) is 0 Å². The second-order valence-electron chi connectivity index (χ2n) is 6.34. The van der Waals surface area contributed by atoms with Crippen molar-refractivity contribution in [3.63, 3.8) is 0 Å². The summed E-state index contributed by atoms with van der Waals surface area (Å²) in [6, 6.07) is 6.61. The molecule has 0 aliphatic carbocycles. The van der Waals surface area contributed by atoms with Gasteiger partial charge < -0.3 is 9.30 Å². The second-order valence-corrected chi connectivity index (χ2v) is 6.34. The number of hydrogen-bond acceptors (Lipinski definition) is 3. The van der Waals surface area contributed by atoms with Gasteiger partial charge in [-0.25, -0.2) is 9.59 Å². The predicted octanol–water partition coefficient (Wildman–Crippen LogP) is 4.22. The van der Waals surface area contributed by atoms with Crippen LogP contribution in [0.2, 0.25) is 0 Å². The van der Waals surface area contributed by atoms with Gasteiger partial charge in [0.2, 0.25) is 0 Å². The number of allylic oxidation sites excluding steroid dienone is 2. The van der Waals surface area contributed by atoms with Gasteiger partial charge in [0.15, 0.2) is 0 Å². The summed E-state index contributed by atoms with van der Waals surface area (Å²) in [5, 5.41) is 0.354. The number of hydrogen-bond donors (Lipinski definition) is 0. The van der Waals surface area contributed by atoms with E-state index in [1.54, 1.807) is 42.8 Å². The predicted molar refractivity (Wildman–Crippen MR) is 90.1 cm³/mol. The average molecular weight is 363 g/mol. The maximum atomic E-state index is 14.1. The van der Waals surface area contributed by atoms with Crippen LogP contribution in [0.15, 0.2) is 41.0 Å². The van der Waals surface area contributed by atoms with Crippen LogP contribution in [0, 0.1) is 6.92 Å². The first kappa shape index (κ1) is 18.0. The normalized spacial score (nSPS) is 17.1. The molecule has 1 aromatic heterocycles. The Labute approximate surface area is 147 Å². The van der Waals surface area contributed by atoms with Gasteiger partial charge in [0.05, 0.1) is 16.7 Å². The summed E-state index contributed by atoms with van der Waals surface area (Å²) in [5.74, 6) is -2.32. The number of benzene rings is 1. The van der Waals surface area contributed by atoms with Gasteiger partial charge in [0.25, 0.3) is 0 Å². The summed E-state index contributed by atoms with van der Waals surface area (Å²) < 4.78 is 48.4. The number of cyclic esters (lactones) is 2. The summed E-state index contributed by atoms with van der Waals surface area (Å²) in [4.78, 5) is 24.1. The molecule has 0 bridgehead atoms. The third-order valence-corrected chi connectivity index (χ3v) is 4.53. The molecule has 1 saturated heterocycles. The average Bonchev–Trinajstić information content (AvgIpc) is 2.96. The molecule has 1 aliphatic rings. The lowest BCUT2D eigenvalue weighted by atomic mass is 9.91. The van der Waals surface area contributed by atoms with Crippen molar-refractivity contribution >= 4 is 28.4 Å². The number of aromatic nitrogens is 1. The molecule has 7 heteroatoms. The zero-order chi connectivity index (χ0) is 19.4. The Hall–Kier alpha value is -2.83. The number of alkyl halides is 3. The molecule has 4 nitrogen and oxygen atoms in total. The molecule has 0 spiro atoms. The van der Waals surface area contributed by atoms with E-state index in [0.717, 1.165) is 0 Å². The van der Waals surface area contributed by atoms with Crippen LogP contribution in [-0.2, 0) is 21.4 Å². The second kappa shape index (κ2) is 5.86. The Kier molecular flexibility index (Phi) is 4.05. The van der Waals surface area contributed by atoms with E-state index in [1.165, 1.54) is 13.8 Å². The highest BCUT2D eigenvalue weighted by atomic mass is 19.4. The van der Waals surface area contributed by atoms with Gasteiger partial charge in [0, 0.05) is 29.2 Å². The van der Waals surface area contributed by atoms with Crippen LogP contribution in [0.4, 0.5) is 13.2 Å². The van der Waals surface area contributed by atoms with Crippen molar-refractivity contribution in [2.45, 2.75) is 26.9 Å². The zero-order valence-corrected chi connectivity index (χ0v) is 14.6. The monoisotopic (exact) mass is 363 g/mol. The molecular formula is C19H16F3NO3. The quantitative estimate of drug-likeness (QED) is 0.433. The van der Waals surface area contributed by atoms with E-state index in [0.29, 0.717) is 16.6 Å². The fraction of sp³-hybridized carbons (Fsp3) is 0.263. The number of fused-ring (bicyclic) bond motifs is 1. The van der Waals surface area contributed by atoms with Gasteiger partial charge in [-0.1, -0.05) is 23.8 Å². The number of aryl methyl sites for hydroxylation is 1. The Balaban J connectivity index is 2.53. The first-order valence-corrected chi connectivity index (χ1v) is 7.86. The summed E-state index contributed by atoms with van der Waals surface area (Å²) in [6.07, 6.45) is -4.85. The van der Waals surface area contributed by atoms with Crippen LogP contribution < -0.4 is 0 Å². The molecule has 0 N–H and O–H groups in total. The highest BCUT2D eigenvalue weighted by molar-refractivity contribution is 6.23. The van der Waals surface area contributed by atoms with E-state index in [-0.39, 0.29) is 16.7 Å². The minimum atomic E-state index is -4.85. The molecule has 136 valence electrons. The molecule has 0 saturated carbocycles. The minimum Gasteiger partial charge on any atom is -0.386 e. The Morgan fingerprint density at radius 1 is 1.04 bits per heavy atom. The standard InChI is InChI=1S/C19H16F3NO3/c1-9(2)13-15(18(25)26-17(13)24)16(19(20,21)22)14-10(3)23(4)12-8-6-5-7-11(12)14/h5-8H,1-4H3. The third kappa shape index (κ3) is 2.55. The molecule has 3 rings (SSSR count). The maximum absolute atomic E-state index is 14.1. The van der Waals surface area contributed by atoms with Crippen LogP contribution in [0.5, 0.6) is 0 Å². The molecule has 0 atom stereocenters. The van der Waals surface area contributed by atoms with Crippen LogP contribution >= 0.6 is 0 Å². The first-order valence-electron chi connectivity index (χ1n) is 7.86. The van der Waals surface area contributed by atoms with Crippen LogP contribution in [0.1, 0.15) is 25.1 Å². The minimum absolute atomic E-state index is 0.115. The molecule has 0 radical (unpaired) electrons. The number of carbonyl (C=O) groups is 2. The lowest BCUT2D eigenvalue weighted by molar-refractivity contribution is -0.150. The van der Waals surface area contributed by atoms with Crippen molar-refractivity contribution in [3.8, 4) is 0 Å². The van der Waals surface area contributed by atoms with E-state index in [9.17, 15) is 22.8 Å². The van der Waals surface area contributed by atoms with Crippen molar-refractivity contribution in [1.29, 1.82) is 0 Å². The molecule has 2 heterocycles. The van der Waals surface area contributed by atoms with Gasteiger partial charge in [-0.15, -0.1) is 0 Å². The van der Waals surface area contributed by atoms with Gasteiger partial charge in [-0.3, -0.25) is 0 Å². The number of halogens is 3. The van der Waals surface area contributed by atoms with E-state index in [4.69, 9.17) is 0 Å². The summed E-state index contributed by atoms with van der Waals surface area (Å²) in [6.45, 7) is 4.49. The molecule has 2 aromatic rings. The van der Waals surface area contributed by atoms with E-state index >= 15 is 0 Å². The maximum Gasteiger partial charge on any atom is 0.417 e. The van der Waals surface area contributed by atoms with Gasteiger partial charge in [-0.2, -0.15) is 13.2 Å². The molecule has 1 aromatic carbocycles. The van der Waals surface area contributed by atoms with Crippen molar-refractivity contribution in [1.82, 2.24) is 4.57 Å².